The zero-order valence-corrected chi connectivity index (χ0v) is 12.3. The van der Waals surface area contributed by atoms with Crippen LogP contribution in [0.5, 0.6) is 0 Å². The number of rotatable bonds is 0. The second-order valence-electron chi connectivity index (χ2n) is 0. The van der Waals surface area contributed by atoms with Crippen LogP contribution in [0.2, 0.25) is 0 Å². The molecule has 0 saturated carbocycles. The van der Waals surface area contributed by atoms with Gasteiger partial charge in [-0.3, -0.25) is 0 Å². The molecule has 0 aromatic rings. The molecule has 0 aromatic carbocycles. The Labute approximate surface area is 96.3 Å². The quantitative estimate of drug-likeness (QED) is 0.445. The Morgan fingerprint density at radius 1 is 1.00 bits per heavy atom. The van der Waals surface area contributed by atoms with E-state index in [1.807, 2.05) is 0 Å². The smallest absolute Gasteiger partial charge is 0 e. The van der Waals surface area contributed by atoms with Crippen LogP contribution in [0.4, 0.5) is 0 Å². The van der Waals surface area contributed by atoms with Crippen molar-refractivity contribution in [2.24, 2.45) is 0 Å². The molecule has 0 bridgehead atoms. The Kier molecular flexibility index (Phi) is 233. The van der Waals surface area contributed by atoms with E-state index in [0.29, 0.717) is 0 Å². The van der Waals surface area contributed by atoms with Crippen molar-refractivity contribution >= 4 is 27.3 Å². The van der Waals surface area contributed by atoms with Crippen molar-refractivity contribution in [1.82, 2.24) is 0 Å². The Bertz CT molecular complexity index is 11.6. The molecule has 6 radical (unpaired) electrons. The van der Waals surface area contributed by atoms with E-state index < -0.39 is 0 Å². The minimum absolute atomic E-state index is 0. The van der Waals surface area contributed by atoms with Gasteiger partial charge in [-0.25, -0.2) is 0 Å². The summed E-state index contributed by atoms with van der Waals surface area (Å²) in [5.74, 6) is 0. The molecule has 0 aliphatic rings. The molecule has 5 heavy (non-hydrogen) atoms. The average molecular weight is 447 g/mol. The van der Waals surface area contributed by atoms with Crippen LogP contribution < -0.4 is 0 Å². The van der Waals surface area contributed by atoms with Gasteiger partial charge in [0.1, 0.15) is 0 Å². The van der Waals surface area contributed by atoms with E-state index >= 15 is 0 Å². The molecule has 0 aliphatic heterocycles. The Morgan fingerprint density at radius 2 is 1.00 bits per heavy atom. The van der Waals surface area contributed by atoms with E-state index in [0.717, 1.165) is 0 Å². The summed E-state index contributed by atoms with van der Waals surface area (Å²) in [7, 11) is 0. The van der Waals surface area contributed by atoms with E-state index in [4.69, 9.17) is 0 Å². The fraction of sp³-hybridized carbons (Fsp3) is 0. The third-order valence-corrected chi connectivity index (χ3v) is 0. The Morgan fingerprint density at radius 3 is 1.00 bits per heavy atom. The first kappa shape index (κ1) is 42.4. The number of hydrogen-bond donors (Lipinski definition) is 0. The predicted molar refractivity (Wildman–Crippen MR) is 5.75 cm³/mol. The molecule has 0 spiro atoms. The van der Waals surface area contributed by atoms with Gasteiger partial charge in [-0.2, -0.15) is 0 Å². The summed E-state index contributed by atoms with van der Waals surface area (Å²) >= 11 is 0. The minimum Gasteiger partial charge on any atom is 0 e. The van der Waals surface area contributed by atoms with Gasteiger partial charge in [-0.1, -0.05) is 0 Å². The van der Waals surface area contributed by atoms with Crippen molar-refractivity contribution < 1.29 is 70.7 Å². The van der Waals surface area contributed by atoms with Gasteiger partial charge in [0.2, 0.25) is 0 Å². The van der Waals surface area contributed by atoms with Crippen LogP contribution in [0.3, 0.4) is 0 Å². The van der Waals surface area contributed by atoms with Crippen LogP contribution in [-0.2, 0) is 70.7 Å². The van der Waals surface area contributed by atoms with Crippen LogP contribution in [0, 0.1) is 0 Å². The van der Waals surface area contributed by atoms with Crippen molar-refractivity contribution in [3.05, 3.63) is 0 Å². The van der Waals surface area contributed by atoms with Crippen molar-refractivity contribution in [2.45, 2.75) is 0 Å². The summed E-state index contributed by atoms with van der Waals surface area (Å²) in [6.45, 7) is 0. The maximum Gasteiger partial charge on any atom is 0 e. The molecule has 0 unspecified atom stereocenters. The Hall–Kier alpha value is 3.10. The van der Waals surface area contributed by atoms with Gasteiger partial charge in [0, 0.05) is 98.0 Å². The first-order valence-electron chi connectivity index (χ1n) is 0. The van der Waals surface area contributed by atoms with E-state index in [2.05, 4.69) is 0 Å². The minimum atomic E-state index is 0. The van der Waals surface area contributed by atoms with Gasteiger partial charge < -0.3 is 0 Å². The summed E-state index contributed by atoms with van der Waals surface area (Å²) in [6, 6.07) is 0. The molecule has 32 valence electrons. The summed E-state index contributed by atoms with van der Waals surface area (Å²) in [6.07, 6.45) is 0. The fourth-order valence-electron chi connectivity index (χ4n) is 0. The normalized spacial score (nSPS) is 0. The summed E-state index contributed by atoms with van der Waals surface area (Å²) in [4.78, 5) is 0. The topological polar surface area (TPSA) is 0 Å². The Balaban J connectivity index is 0. The second-order valence-corrected chi connectivity index (χ2v) is 0. The second kappa shape index (κ2) is 27.5. The van der Waals surface area contributed by atoms with Crippen LogP contribution in [0.15, 0.2) is 0 Å². The van der Waals surface area contributed by atoms with Gasteiger partial charge in [-0.05, 0) is 0 Å². The SMILES string of the molecule is [Cu].[Fe].[Mn].[Pb].[Zn]. The largest absolute Gasteiger partial charge is 0 e. The van der Waals surface area contributed by atoms with Crippen LogP contribution in [-0.4, -0.2) is 27.3 Å². The van der Waals surface area contributed by atoms with E-state index in [1.165, 1.54) is 0 Å². The molecule has 0 aromatic heterocycles. The van der Waals surface area contributed by atoms with Crippen molar-refractivity contribution in [1.29, 1.82) is 0 Å². The zero-order chi connectivity index (χ0) is 0. The molecule has 0 fully saturated rings. The van der Waals surface area contributed by atoms with E-state index in [-0.39, 0.29) is 98.0 Å². The van der Waals surface area contributed by atoms with Crippen LogP contribution in [0.1, 0.15) is 0 Å². The summed E-state index contributed by atoms with van der Waals surface area (Å²) in [5, 5.41) is 0. The van der Waals surface area contributed by atoms with E-state index in [9.17, 15) is 0 Å². The molecule has 0 rings (SSSR count). The van der Waals surface area contributed by atoms with Crippen LogP contribution in [0.25, 0.3) is 0 Å². The van der Waals surface area contributed by atoms with Crippen molar-refractivity contribution in [2.75, 3.05) is 0 Å². The summed E-state index contributed by atoms with van der Waals surface area (Å²) in [5.41, 5.74) is 0. The molecule has 0 atom stereocenters. The maximum atomic E-state index is 0. The fourth-order valence-corrected chi connectivity index (χ4v) is 0. The molecule has 5 heteroatoms. The third kappa shape index (κ3) is 19.2. The predicted octanol–water partition coefficient (Wildman–Crippen LogP) is -0.391. The number of hydrogen-bond acceptors (Lipinski definition) is 0. The zero-order valence-electron chi connectivity index (χ0n) is 2.24. The van der Waals surface area contributed by atoms with Gasteiger partial charge in [0.05, 0.1) is 0 Å². The monoisotopic (exact) mass is 446 g/mol. The van der Waals surface area contributed by atoms with Crippen molar-refractivity contribution in [3.63, 3.8) is 0 Å². The third-order valence-electron chi connectivity index (χ3n) is 0. The summed E-state index contributed by atoms with van der Waals surface area (Å²) < 4.78 is 0. The average Bonchev–Trinajstić information content (AvgIpc) is 0. The molecular weight excluding hydrogens is 447 g/mol. The first-order chi connectivity index (χ1) is 0. The molecular formula is CuFeMnPbZn. The van der Waals surface area contributed by atoms with Gasteiger partial charge in [-0.15, -0.1) is 0 Å². The van der Waals surface area contributed by atoms with E-state index in [1.54, 1.807) is 0 Å². The molecule has 0 N–H and O–H groups in total. The molecule has 0 aliphatic carbocycles. The van der Waals surface area contributed by atoms with Crippen LogP contribution >= 0.6 is 0 Å². The standard InChI is InChI=1S/Cu.Fe.Mn.Pb.Zn. The molecule has 0 nitrogen and oxygen atoms in total. The van der Waals surface area contributed by atoms with Crippen molar-refractivity contribution in [3.8, 4) is 0 Å². The van der Waals surface area contributed by atoms with Gasteiger partial charge in [0.25, 0.3) is 0 Å². The molecule has 0 amide bonds. The maximum absolute atomic E-state index is 0. The molecule has 0 saturated heterocycles. The first-order valence-corrected chi connectivity index (χ1v) is 0. The van der Waals surface area contributed by atoms with Gasteiger partial charge >= 0.3 is 0 Å². The van der Waals surface area contributed by atoms with Gasteiger partial charge in [0.15, 0.2) is 0 Å². The molecule has 0 heterocycles.